The fourth-order valence-corrected chi connectivity index (χ4v) is 3.25. The molecular weight excluding hydrogens is 275 g/mol. The monoisotopic (exact) mass is 285 g/mol. The Labute approximate surface area is 105 Å². The number of carboxylic acid groups (broad SMARTS) is 1. The van der Waals surface area contributed by atoms with Crippen LogP contribution in [0.25, 0.3) is 0 Å². The second-order valence-electron chi connectivity index (χ2n) is 3.14. The number of hydrogen-bond acceptors (Lipinski definition) is 4. The van der Waals surface area contributed by atoms with Crippen LogP contribution in [0.3, 0.4) is 0 Å². The number of hydrogen-bond donors (Lipinski definition) is 1. The summed E-state index contributed by atoms with van der Waals surface area (Å²) in [5, 5.41) is 7.93. The van der Waals surface area contributed by atoms with Crippen molar-refractivity contribution < 1.29 is 23.1 Å². The van der Waals surface area contributed by atoms with Crippen molar-refractivity contribution in [2.45, 2.75) is 18.1 Å². The zero-order chi connectivity index (χ0) is 12.8. The van der Waals surface area contributed by atoms with Crippen LogP contribution in [-0.2, 0) is 4.79 Å². The standard InChI is InChI=1S/C9H10F3NO2S2/c10-5(7(11)12)1-2-6(8(14)15)17-9-13-3-4-16-9/h6H,1-4H2,(H,14,15). The fourth-order valence-electron chi connectivity index (χ4n) is 1.09. The molecule has 1 aliphatic rings. The van der Waals surface area contributed by atoms with Gasteiger partial charge >= 0.3 is 12.0 Å². The van der Waals surface area contributed by atoms with Gasteiger partial charge in [-0.15, -0.1) is 0 Å². The van der Waals surface area contributed by atoms with E-state index in [1.165, 1.54) is 11.8 Å². The van der Waals surface area contributed by atoms with E-state index in [4.69, 9.17) is 5.11 Å². The molecule has 0 aromatic rings. The van der Waals surface area contributed by atoms with E-state index in [1.54, 1.807) is 0 Å². The van der Waals surface area contributed by atoms with Crippen LogP contribution in [0, 0.1) is 0 Å². The van der Waals surface area contributed by atoms with Gasteiger partial charge in [-0.05, 0) is 6.42 Å². The number of aliphatic imine (C=N–C) groups is 1. The Hall–Kier alpha value is -0.630. The molecule has 0 fully saturated rings. The summed E-state index contributed by atoms with van der Waals surface area (Å²) in [5.41, 5.74) is 0. The van der Waals surface area contributed by atoms with Gasteiger partial charge in [0.1, 0.15) is 9.63 Å². The third-order valence-corrected chi connectivity index (χ3v) is 4.36. The summed E-state index contributed by atoms with van der Waals surface area (Å²) in [7, 11) is 0. The Bertz CT molecular complexity index is 356. The summed E-state index contributed by atoms with van der Waals surface area (Å²) >= 11 is 2.42. The van der Waals surface area contributed by atoms with Crippen LogP contribution >= 0.6 is 23.5 Å². The lowest BCUT2D eigenvalue weighted by molar-refractivity contribution is -0.136. The first-order valence-electron chi connectivity index (χ1n) is 4.77. The van der Waals surface area contributed by atoms with Crippen molar-refractivity contribution in [1.29, 1.82) is 0 Å². The zero-order valence-corrected chi connectivity index (χ0v) is 10.3. The van der Waals surface area contributed by atoms with E-state index in [-0.39, 0.29) is 6.42 Å². The van der Waals surface area contributed by atoms with Gasteiger partial charge in [-0.25, -0.2) is 4.39 Å². The Morgan fingerprint density at radius 1 is 1.53 bits per heavy atom. The molecular formula is C9H10F3NO2S2. The maximum absolute atomic E-state index is 12.6. The third kappa shape index (κ3) is 5.03. The van der Waals surface area contributed by atoms with E-state index in [2.05, 4.69) is 4.99 Å². The average molecular weight is 285 g/mol. The number of carbonyl (C=O) groups is 1. The van der Waals surface area contributed by atoms with Gasteiger partial charge in [-0.3, -0.25) is 9.79 Å². The molecule has 0 spiro atoms. The fraction of sp³-hybridized carbons (Fsp3) is 0.556. The maximum atomic E-state index is 12.6. The first-order valence-corrected chi connectivity index (χ1v) is 6.63. The van der Waals surface area contributed by atoms with Crippen molar-refractivity contribution in [2.75, 3.05) is 12.3 Å². The minimum absolute atomic E-state index is 0.178. The van der Waals surface area contributed by atoms with Crippen molar-refractivity contribution >= 4 is 33.9 Å². The first-order chi connectivity index (χ1) is 8.00. The summed E-state index contributed by atoms with van der Waals surface area (Å²) in [6.45, 7) is 0.632. The Morgan fingerprint density at radius 3 is 2.71 bits per heavy atom. The lowest BCUT2D eigenvalue weighted by Crippen LogP contribution is -2.17. The number of halogens is 3. The molecule has 0 aliphatic carbocycles. The molecule has 0 saturated carbocycles. The smallest absolute Gasteiger partial charge is 0.317 e. The molecule has 0 aromatic heterocycles. The average Bonchev–Trinajstić information content (AvgIpc) is 2.75. The summed E-state index contributed by atoms with van der Waals surface area (Å²) in [4.78, 5) is 14.9. The van der Waals surface area contributed by atoms with Crippen LogP contribution in [0.5, 0.6) is 0 Å². The van der Waals surface area contributed by atoms with Gasteiger partial charge < -0.3 is 5.11 Å². The van der Waals surface area contributed by atoms with E-state index in [9.17, 15) is 18.0 Å². The highest BCUT2D eigenvalue weighted by Crippen LogP contribution is 2.29. The van der Waals surface area contributed by atoms with Crippen LogP contribution in [0.4, 0.5) is 13.2 Å². The van der Waals surface area contributed by atoms with Gasteiger partial charge in [0.15, 0.2) is 5.83 Å². The van der Waals surface area contributed by atoms with Crippen molar-refractivity contribution in [1.82, 2.24) is 0 Å². The molecule has 1 heterocycles. The summed E-state index contributed by atoms with van der Waals surface area (Å²) in [6.07, 6.45) is -3.13. The van der Waals surface area contributed by atoms with Gasteiger partial charge in [0.05, 0.1) is 6.54 Å². The van der Waals surface area contributed by atoms with Crippen LogP contribution in [0.2, 0.25) is 0 Å². The number of aliphatic carboxylic acids is 1. The third-order valence-electron chi connectivity index (χ3n) is 1.91. The molecule has 17 heavy (non-hydrogen) atoms. The minimum atomic E-state index is -2.38. The molecule has 0 aromatic carbocycles. The van der Waals surface area contributed by atoms with Crippen molar-refractivity contribution in [3.63, 3.8) is 0 Å². The molecule has 0 radical (unpaired) electrons. The lowest BCUT2D eigenvalue weighted by atomic mass is 10.2. The number of allylic oxidation sites excluding steroid dienone is 1. The molecule has 1 N–H and O–H groups in total. The molecule has 1 aliphatic heterocycles. The molecule has 8 heteroatoms. The number of nitrogens with zero attached hydrogens (tertiary/aromatic N) is 1. The molecule has 1 unspecified atom stereocenters. The number of carboxylic acids is 1. The highest BCUT2D eigenvalue weighted by atomic mass is 32.2. The quantitative estimate of drug-likeness (QED) is 0.843. The highest BCUT2D eigenvalue weighted by molar-refractivity contribution is 8.39. The van der Waals surface area contributed by atoms with Gasteiger partial charge in [0, 0.05) is 12.2 Å². The summed E-state index contributed by atoms with van der Waals surface area (Å²) in [5.74, 6) is -1.89. The Kier molecular flexibility index (Phi) is 5.90. The van der Waals surface area contributed by atoms with Crippen LogP contribution in [-0.4, -0.2) is 33.0 Å². The van der Waals surface area contributed by atoms with Gasteiger partial charge in [0.25, 0.3) is 0 Å². The van der Waals surface area contributed by atoms with Crippen molar-refractivity contribution in [2.24, 2.45) is 4.99 Å². The molecule has 1 atom stereocenters. The zero-order valence-electron chi connectivity index (χ0n) is 8.66. The van der Waals surface area contributed by atoms with Gasteiger partial charge in [-0.2, -0.15) is 8.78 Å². The van der Waals surface area contributed by atoms with Crippen molar-refractivity contribution in [3.8, 4) is 0 Å². The van der Waals surface area contributed by atoms with Gasteiger partial charge in [-0.1, -0.05) is 23.5 Å². The van der Waals surface area contributed by atoms with Crippen molar-refractivity contribution in [3.05, 3.63) is 11.9 Å². The summed E-state index contributed by atoms with van der Waals surface area (Å²) < 4.78 is 36.8. The predicted molar refractivity (Wildman–Crippen MR) is 63.4 cm³/mol. The SMILES string of the molecule is O=C(O)C(CCC(F)=C(F)F)SC1=NCCS1. The lowest BCUT2D eigenvalue weighted by Gasteiger charge is -2.10. The van der Waals surface area contributed by atoms with E-state index in [0.29, 0.717) is 10.9 Å². The second-order valence-corrected chi connectivity index (χ2v) is 5.68. The molecule has 0 amide bonds. The van der Waals surface area contributed by atoms with Crippen LogP contribution in [0.15, 0.2) is 16.9 Å². The highest BCUT2D eigenvalue weighted by Gasteiger charge is 2.23. The Morgan fingerprint density at radius 2 is 2.24 bits per heavy atom. The predicted octanol–water partition coefficient (Wildman–Crippen LogP) is 3.13. The number of rotatable bonds is 5. The minimum Gasteiger partial charge on any atom is -0.480 e. The van der Waals surface area contributed by atoms with Crippen LogP contribution in [0.1, 0.15) is 12.8 Å². The van der Waals surface area contributed by atoms with E-state index >= 15 is 0 Å². The largest absolute Gasteiger partial charge is 0.480 e. The molecule has 0 saturated heterocycles. The van der Waals surface area contributed by atoms with Crippen LogP contribution < -0.4 is 0 Å². The topological polar surface area (TPSA) is 49.7 Å². The first kappa shape index (κ1) is 14.4. The van der Waals surface area contributed by atoms with E-state index in [1.807, 2.05) is 0 Å². The number of thioether (sulfide) groups is 2. The molecule has 1 rings (SSSR count). The van der Waals surface area contributed by atoms with E-state index in [0.717, 1.165) is 17.5 Å². The molecule has 96 valence electrons. The molecule has 3 nitrogen and oxygen atoms in total. The Balaban J connectivity index is 2.49. The van der Waals surface area contributed by atoms with E-state index < -0.39 is 29.5 Å². The summed E-state index contributed by atoms with van der Waals surface area (Å²) in [6, 6.07) is 0. The normalized spacial score (nSPS) is 16.5. The molecule has 0 bridgehead atoms. The van der Waals surface area contributed by atoms with Gasteiger partial charge in [0.2, 0.25) is 0 Å². The second kappa shape index (κ2) is 6.95. The maximum Gasteiger partial charge on any atom is 0.317 e.